The van der Waals surface area contributed by atoms with E-state index >= 15 is 0 Å². The minimum absolute atomic E-state index is 1.37. The van der Waals surface area contributed by atoms with Crippen LogP contribution in [0.1, 0.15) is 73.1 Å². The third kappa shape index (κ3) is 9.76. The van der Waals surface area contributed by atoms with Crippen LogP contribution in [0.5, 0.6) is 0 Å². The van der Waals surface area contributed by atoms with Crippen LogP contribution in [0.2, 0.25) is 13.3 Å². The van der Waals surface area contributed by atoms with Gasteiger partial charge in [-0.2, -0.15) is 0 Å². The molecule has 0 atom stereocenters. The second kappa shape index (κ2) is 12.1. The fraction of sp³-hybridized carbons (Fsp3) is 0.778. The third-order valence-electron chi connectivity index (χ3n) is 3.96. The van der Waals surface area contributed by atoms with E-state index in [9.17, 15) is 0 Å². The Morgan fingerprint density at radius 3 is 1.53 bits per heavy atom. The summed E-state index contributed by atoms with van der Waals surface area (Å²) in [6.45, 7) is 11.4. The van der Waals surface area contributed by atoms with Crippen LogP contribution < -0.4 is 0 Å². The van der Waals surface area contributed by atoms with Gasteiger partial charge in [0.15, 0.2) is 0 Å². The van der Waals surface area contributed by atoms with E-state index < -0.39 is 18.4 Å². The fourth-order valence-electron chi connectivity index (χ4n) is 2.66. The zero-order valence-electron chi connectivity index (χ0n) is 14.1. The summed E-state index contributed by atoms with van der Waals surface area (Å²) in [4.78, 5) is 0. The molecule has 0 aromatic carbocycles. The summed E-state index contributed by atoms with van der Waals surface area (Å²) in [5.41, 5.74) is 1.43. The molecule has 0 bridgehead atoms. The fourth-order valence-corrected chi connectivity index (χ4v) is 16.7. The van der Waals surface area contributed by atoms with Crippen LogP contribution in [-0.4, -0.2) is 18.4 Å². The first-order valence-corrected chi connectivity index (χ1v) is 16.1. The molecule has 19 heavy (non-hydrogen) atoms. The quantitative estimate of drug-likeness (QED) is 0.274. The molecule has 0 N–H and O–H groups in total. The van der Waals surface area contributed by atoms with Gasteiger partial charge in [0, 0.05) is 0 Å². The average Bonchev–Trinajstić information content (AvgIpc) is 2.39. The monoisotopic (exact) mass is 372 g/mol. The van der Waals surface area contributed by atoms with Crippen molar-refractivity contribution in [2.75, 3.05) is 0 Å². The molecular formula is C18H36Sn. The van der Waals surface area contributed by atoms with Crippen molar-refractivity contribution in [3.05, 3.63) is 21.8 Å². The van der Waals surface area contributed by atoms with Crippen molar-refractivity contribution in [3.63, 3.8) is 0 Å². The molecule has 0 aliphatic heterocycles. The van der Waals surface area contributed by atoms with Crippen LogP contribution in [0.3, 0.4) is 0 Å². The first-order chi connectivity index (χ1) is 9.10. The van der Waals surface area contributed by atoms with Crippen molar-refractivity contribution >= 4 is 18.4 Å². The molecule has 1 heteroatoms. The van der Waals surface area contributed by atoms with Crippen LogP contribution in [0, 0.1) is 0 Å². The van der Waals surface area contributed by atoms with Crippen LogP contribution in [0.25, 0.3) is 0 Å². The molecule has 0 aromatic heterocycles. The van der Waals surface area contributed by atoms with E-state index in [1.54, 1.807) is 13.3 Å². The van der Waals surface area contributed by atoms with Crippen LogP contribution >= 0.6 is 0 Å². The Kier molecular flexibility index (Phi) is 12.2. The van der Waals surface area contributed by atoms with Crippen molar-refractivity contribution in [1.29, 1.82) is 0 Å². The van der Waals surface area contributed by atoms with E-state index in [1.807, 2.05) is 0 Å². The van der Waals surface area contributed by atoms with Crippen LogP contribution in [-0.2, 0) is 0 Å². The Labute approximate surface area is 126 Å². The SMILES string of the molecule is CCC[CH2][Sn](/[CH]=C/C=C(C)C)([CH2]CCC)[CH2]CCC. The molecule has 0 saturated carbocycles. The normalized spacial score (nSPS) is 12.1. The molecular weight excluding hydrogens is 335 g/mol. The van der Waals surface area contributed by atoms with Crippen molar-refractivity contribution in [1.82, 2.24) is 0 Å². The molecule has 0 nitrogen and oxygen atoms in total. The maximum absolute atomic E-state index is 2.74. The van der Waals surface area contributed by atoms with Gasteiger partial charge in [-0.25, -0.2) is 0 Å². The second-order valence-electron chi connectivity index (χ2n) is 6.28. The molecule has 0 aromatic rings. The number of allylic oxidation sites excluding steroid dienone is 3. The Balaban J connectivity index is 4.85. The first kappa shape index (κ1) is 19.3. The molecule has 0 unspecified atom stereocenters. The molecule has 0 aliphatic rings. The van der Waals surface area contributed by atoms with E-state index in [0.717, 1.165) is 0 Å². The molecule has 112 valence electrons. The summed E-state index contributed by atoms with van der Waals surface area (Å²) >= 11 is -1.98. The number of unbranched alkanes of at least 4 members (excludes halogenated alkanes) is 3. The second-order valence-corrected chi connectivity index (χ2v) is 19.3. The Morgan fingerprint density at radius 1 is 0.789 bits per heavy atom. The number of hydrogen-bond acceptors (Lipinski definition) is 0. The summed E-state index contributed by atoms with van der Waals surface area (Å²) in [5.74, 6) is 0. The minimum atomic E-state index is -1.98. The predicted molar refractivity (Wildman–Crippen MR) is 93.5 cm³/mol. The standard InChI is InChI=1S/C6H9.3C4H9.Sn/c1-4-5-6(2)3;3*1-3-4-2;/h1,4-5H,2-3H3;3*1,3-4H2,2H3;. The van der Waals surface area contributed by atoms with Gasteiger partial charge in [0.1, 0.15) is 0 Å². The Morgan fingerprint density at radius 2 is 1.21 bits per heavy atom. The first-order valence-electron chi connectivity index (χ1n) is 8.43. The topological polar surface area (TPSA) is 0 Å². The van der Waals surface area contributed by atoms with Gasteiger partial charge in [-0.05, 0) is 0 Å². The average molecular weight is 371 g/mol. The van der Waals surface area contributed by atoms with Gasteiger partial charge >= 0.3 is 127 Å². The van der Waals surface area contributed by atoms with E-state index in [0.29, 0.717) is 0 Å². The zero-order chi connectivity index (χ0) is 14.6. The van der Waals surface area contributed by atoms with E-state index in [1.165, 1.54) is 44.1 Å². The summed E-state index contributed by atoms with van der Waals surface area (Å²) in [7, 11) is 0. The summed E-state index contributed by atoms with van der Waals surface area (Å²) < 4.78 is 7.48. The van der Waals surface area contributed by atoms with Gasteiger partial charge in [0.2, 0.25) is 0 Å². The molecule has 0 heterocycles. The van der Waals surface area contributed by atoms with Gasteiger partial charge < -0.3 is 0 Å². The van der Waals surface area contributed by atoms with Crippen molar-refractivity contribution in [2.45, 2.75) is 86.5 Å². The number of rotatable bonds is 11. The maximum atomic E-state index is 2.74. The molecule has 0 radical (unpaired) electrons. The molecule has 0 fully saturated rings. The Hall–Kier alpha value is 0.279. The van der Waals surface area contributed by atoms with Gasteiger partial charge in [-0.3, -0.25) is 0 Å². The van der Waals surface area contributed by atoms with E-state index in [-0.39, 0.29) is 0 Å². The van der Waals surface area contributed by atoms with Crippen molar-refractivity contribution in [3.8, 4) is 0 Å². The van der Waals surface area contributed by atoms with E-state index in [4.69, 9.17) is 0 Å². The number of hydrogen-bond donors (Lipinski definition) is 0. The molecule has 0 amide bonds. The van der Waals surface area contributed by atoms with Gasteiger partial charge in [-0.1, -0.05) is 0 Å². The third-order valence-corrected chi connectivity index (χ3v) is 18.1. The van der Waals surface area contributed by atoms with Crippen LogP contribution in [0.15, 0.2) is 21.8 Å². The van der Waals surface area contributed by atoms with Gasteiger partial charge in [-0.15, -0.1) is 0 Å². The summed E-state index contributed by atoms with van der Waals surface area (Å²) in [6, 6.07) is 0. The van der Waals surface area contributed by atoms with Gasteiger partial charge in [0.05, 0.1) is 0 Å². The summed E-state index contributed by atoms with van der Waals surface area (Å²) in [5, 5.41) is 0. The van der Waals surface area contributed by atoms with Crippen LogP contribution in [0.4, 0.5) is 0 Å². The van der Waals surface area contributed by atoms with Gasteiger partial charge in [0.25, 0.3) is 0 Å². The summed E-state index contributed by atoms with van der Waals surface area (Å²) in [6.07, 6.45) is 13.2. The Bertz CT molecular complexity index is 237. The molecule has 0 rings (SSSR count). The van der Waals surface area contributed by atoms with Crippen molar-refractivity contribution in [2.24, 2.45) is 0 Å². The molecule has 0 aliphatic carbocycles. The zero-order valence-corrected chi connectivity index (χ0v) is 17.0. The van der Waals surface area contributed by atoms with Crippen molar-refractivity contribution < 1.29 is 0 Å². The van der Waals surface area contributed by atoms with E-state index in [2.05, 4.69) is 50.9 Å². The predicted octanol–water partition coefficient (Wildman–Crippen LogP) is 6.90. The molecule has 0 saturated heterocycles. The molecule has 0 spiro atoms.